The van der Waals surface area contributed by atoms with Gasteiger partial charge in [0.2, 0.25) is 0 Å². The third-order valence-corrected chi connectivity index (χ3v) is 3.99. The summed E-state index contributed by atoms with van der Waals surface area (Å²) in [5.74, 6) is -1.98. The molecule has 24 heavy (non-hydrogen) atoms. The Morgan fingerprint density at radius 3 is 2.71 bits per heavy atom. The lowest BCUT2D eigenvalue weighted by atomic mass is 10.1. The van der Waals surface area contributed by atoms with Crippen molar-refractivity contribution in [1.82, 2.24) is 10.2 Å². The molecule has 3 N–H and O–H groups in total. The number of hydrogen-bond donors (Lipinski definition) is 3. The fourth-order valence-corrected chi connectivity index (χ4v) is 2.30. The molecule has 7 nitrogen and oxygen atoms in total. The molecule has 136 valence electrons. The Hall–Kier alpha value is -1.54. The molecule has 0 spiro atoms. The zero-order valence-corrected chi connectivity index (χ0v) is 14.3. The highest BCUT2D eigenvalue weighted by atomic mass is 31.2. The van der Waals surface area contributed by atoms with Crippen LogP contribution in [0.2, 0.25) is 0 Å². The number of rotatable bonds is 8. The van der Waals surface area contributed by atoms with Crippen molar-refractivity contribution in [3.05, 3.63) is 35.4 Å². The van der Waals surface area contributed by atoms with E-state index in [2.05, 4.69) is 9.84 Å². The lowest BCUT2D eigenvalue weighted by Crippen LogP contribution is -2.42. The summed E-state index contributed by atoms with van der Waals surface area (Å²) in [5, 5.41) is 2.49. The van der Waals surface area contributed by atoms with Crippen LogP contribution in [0.15, 0.2) is 18.2 Å². The average molecular weight is 366 g/mol. The fourth-order valence-electron chi connectivity index (χ4n) is 1.94. The molecule has 0 radical (unpaired) electrons. The predicted octanol–water partition coefficient (Wildman–Crippen LogP) is 2.38. The Bertz CT molecular complexity index is 611. The summed E-state index contributed by atoms with van der Waals surface area (Å²) in [7, 11) is -2.95. The summed E-state index contributed by atoms with van der Waals surface area (Å²) in [6, 6.07) is 3.02. The average Bonchev–Trinajstić information content (AvgIpc) is 2.50. The molecule has 0 aliphatic rings. The van der Waals surface area contributed by atoms with E-state index in [4.69, 9.17) is 9.79 Å². The van der Waals surface area contributed by atoms with Gasteiger partial charge >= 0.3 is 13.9 Å². The van der Waals surface area contributed by atoms with Crippen LogP contribution in [0.1, 0.15) is 25.3 Å². The van der Waals surface area contributed by atoms with Gasteiger partial charge in [0, 0.05) is 25.2 Å². The van der Waals surface area contributed by atoms with E-state index >= 15 is 0 Å². The highest BCUT2D eigenvalue weighted by molar-refractivity contribution is 7.46. The van der Waals surface area contributed by atoms with E-state index in [1.807, 2.05) is 0 Å². The van der Waals surface area contributed by atoms with Crippen LogP contribution in [0.5, 0.6) is 0 Å². The Labute approximate surface area is 138 Å². The monoisotopic (exact) mass is 366 g/mol. The molecular formula is C14H21F2N2O5P. The molecule has 1 aromatic carbocycles. The number of urea groups is 1. The molecule has 0 aliphatic heterocycles. The van der Waals surface area contributed by atoms with Gasteiger partial charge in [0.05, 0.1) is 6.61 Å². The van der Waals surface area contributed by atoms with Crippen LogP contribution in [0.4, 0.5) is 13.6 Å². The number of nitrogens with one attached hydrogen (secondary N) is 1. The molecule has 1 aromatic rings. The molecule has 0 aromatic heterocycles. The van der Waals surface area contributed by atoms with Crippen LogP contribution >= 0.6 is 7.82 Å². The van der Waals surface area contributed by atoms with Gasteiger partial charge in [-0.05, 0) is 25.8 Å². The minimum Gasteiger partial charge on any atom is -0.334 e. The molecular weight excluding hydrogens is 345 g/mol. The second kappa shape index (κ2) is 9.08. The molecule has 0 saturated carbocycles. The third kappa shape index (κ3) is 6.92. The summed E-state index contributed by atoms with van der Waals surface area (Å²) < 4.78 is 41.4. The van der Waals surface area contributed by atoms with Gasteiger partial charge in [-0.25, -0.2) is 18.1 Å². The maximum atomic E-state index is 13.5. The molecule has 10 heteroatoms. The fraction of sp³-hybridized carbons (Fsp3) is 0.500. The number of amides is 2. The molecule has 1 unspecified atom stereocenters. The third-order valence-electron chi connectivity index (χ3n) is 3.47. The number of nitrogens with zero attached hydrogens (tertiary/aromatic N) is 1. The van der Waals surface area contributed by atoms with Crippen molar-refractivity contribution >= 4 is 13.9 Å². The summed E-state index contributed by atoms with van der Waals surface area (Å²) in [5.41, 5.74) is 0.0412. The van der Waals surface area contributed by atoms with Gasteiger partial charge in [0.25, 0.3) is 0 Å². The molecule has 0 bridgehead atoms. The topological polar surface area (TPSA) is 99.1 Å². The minimum absolute atomic E-state index is 0.0412. The van der Waals surface area contributed by atoms with E-state index in [-0.39, 0.29) is 24.8 Å². The molecule has 0 saturated heterocycles. The summed E-state index contributed by atoms with van der Waals surface area (Å²) in [6.45, 7) is 1.47. The molecule has 0 aliphatic carbocycles. The van der Waals surface area contributed by atoms with Crippen LogP contribution in [0, 0.1) is 11.6 Å². The maximum Gasteiger partial charge on any atom is 0.469 e. The number of phosphoric acid groups is 1. The predicted molar refractivity (Wildman–Crippen MR) is 83.0 cm³/mol. The molecule has 0 heterocycles. The van der Waals surface area contributed by atoms with Crippen molar-refractivity contribution < 1.29 is 32.5 Å². The smallest absolute Gasteiger partial charge is 0.334 e. The van der Waals surface area contributed by atoms with Crippen LogP contribution in [0.3, 0.4) is 0 Å². The Morgan fingerprint density at radius 1 is 1.42 bits per heavy atom. The van der Waals surface area contributed by atoms with Gasteiger partial charge in [-0.1, -0.05) is 12.1 Å². The molecule has 0 fully saturated rings. The molecule has 1 atom stereocenters. The summed E-state index contributed by atoms with van der Waals surface area (Å²) in [4.78, 5) is 30.5. The maximum absolute atomic E-state index is 13.5. The van der Waals surface area contributed by atoms with Gasteiger partial charge in [-0.3, -0.25) is 4.52 Å². The minimum atomic E-state index is -4.48. The lowest BCUT2D eigenvalue weighted by Gasteiger charge is -2.25. The number of carbonyl (C=O) groups is 1. The highest BCUT2D eigenvalue weighted by Crippen LogP contribution is 2.35. The number of halogens is 2. The first-order valence-corrected chi connectivity index (χ1v) is 8.78. The number of hydrogen-bond acceptors (Lipinski definition) is 3. The van der Waals surface area contributed by atoms with Gasteiger partial charge in [0.1, 0.15) is 0 Å². The van der Waals surface area contributed by atoms with Crippen molar-refractivity contribution in [3.63, 3.8) is 0 Å². The van der Waals surface area contributed by atoms with Gasteiger partial charge in [-0.15, -0.1) is 0 Å². The van der Waals surface area contributed by atoms with Crippen molar-refractivity contribution in [2.45, 2.75) is 32.4 Å². The van der Waals surface area contributed by atoms with Crippen molar-refractivity contribution in [2.75, 3.05) is 13.7 Å². The van der Waals surface area contributed by atoms with Crippen molar-refractivity contribution in [2.24, 2.45) is 0 Å². The normalized spacial score (nSPS) is 12.8. The Balaban J connectivity index is 2.40. The van der Waals surface area contributed by atoms with E-state index in [9.17, 15) is 18.1 Å². The first kappa shape index (κ1) is 20.5. The van der Waals surface area contributed by atoms with Crippen molar-refractivity contribution in [3.8, 4) is 0 Å². The number of benzene rings is 1. The van der Waals surface area contributed by atoms with E-state index in [1.165, 1.54) is 24.1 Å². The highest BCUT2D eigenvalue weighted by Gasteiger charge is 2.18. The van der Waals surface area contributed by atoms with Gasteiger partial charge in [0.15, 0.2) is 11.6 Å². The molecule has 2 amide bonds. The number of phosphoric ester groups is 1. The largest absolute Gasteiger partial charge is 0.469 e. The lowest BCUT2D eigenvalue weighted by molar-refractivity contribution is 0.173. The van der Waals surface area contributed by atoms with Crippen LogP contribution in [-0.2, 0) is 15.6 Å². The number of carbonyl (C=O) groups excluding carboxylic acids is 1. The van der Waals surface area contributed by atoms with E-state index in [0.717, 1.165) is 6.07 Å². The second-order valence-electron chi connectivity index (χ2n) is 5.30. The van der Waals surface area contributed by atoms with E-state index in [0.29, 0.717) is 12.8 Å². The first-order chi connectivity index (χ1) is 11.1. The van der Waals surface area contributed by atoms with Gasteiger partial charge in [-0.2, -0.15) is 0 Å². The molecule has 1 rings (SSSR count). The van der Waals surface area contributed by atoms with Crippen LogP contribution in [-0.4, -0.2) is 40.4 Å². The zero-order chi connectivity index (χ0) is 18.3. The van der Waals surface area contributed by atoms with Crippen LogP contribution < -0.4 is 5.32 Å². The summed E-state index contributed by atoms with van der Waals surface area (Å²) >= 11 is 0. The second-order valence-corrected chi connectivity index (χ2v) is 6.54. The first-order valence-electron chi connectivity index (χ1n) is 7.25. The van der Waals surface area contributed by atoms with Crippen LogP contribution in [0.25, 0.3) is 0 Å². The van der Waals surface area contributed by atoms with E-state index in [1.54, 1.807) is 6.92 Å². The Kier molecular flexibility index (Phi) is 7.75. The summed E-state index contributed by atoms with van der Waals surface area (Å²) in [6.07, 6.45) is 0.806. The van der Waals surface area contributed by atoms with Crippen molar-refractivity contribution in [1.29, 1.82) is 0 Å². The standard InChI is InChI=1S/C14H21F2N2O5P/c1-10(5-4-8-23-24(20,21)22)18(2)14(19)17-9-11-6-3-7-12(15)13(11)16/h3,6-7,10H,4-5,8-9H2,1-2H3,(H,17,19)(H2,20,21,22). The Morgan fingerprint density at radius 2 is 2.08 bits per heavy atom. The van der Waals surface area contributed by atoms with Gasteiger partial charge < -0.3 is 20.0 Å². The zero-order valence-electron chi connectivity index (χ0n) is 13.4. The SMILES string of the molecule is CC(CCCOP(=O)(O)O)N(C)C(=O)NCc1cccc(F)c1F. The quantitative estimate of drug-likeness (QED) is 0.485. The van der Waals surface area contributed by atoms with E-state index < -0.39 is 25.5 Å².